The molecule has 0 spiro atoms. The van der Waals surface area contributed by atoms with E-state index in [2.05, 4.69) is 0 Å². The van der Waals surface area contributed by atoms with Gasteiger partial charge in [0.15, 0.2) is 5.76 Å². The number of allylic oxidation sites excluding steroid dienone is 1. The average molecular weight is 478 g/mol. The first-order valence-corrected chi connectivity index (χ1v) is 10.3. The number of hydrogen-bond acceptors (Lipinski definition) is 3. The SMILES string of the molecule is O=C(/C=C/c1ccc(-c2cccc(Cl)c2Cl)o1)c1ccc(-c2ccc(Cl)c(Cl)c2)o1. The number of furan rings is 2. The molecule has 0 amide bonds. The lowest BCUT2D eigenvalue weighted by Gasteiger charge is -2.01. The van der Waals surface area contributed by atoms with Crippen molar-refractivity contribution in [2.45, 2.75) is 0 Å². The van der Waals surface area contributed by atoms with E-state index in [0.29, 0.717) is 42.9 Å². The first-order valence-electron chi connectivity index (χ1n) is 8.74. The molecule has 150 valence electrons. The van der Waals surface area contributed by atoms with Crippen molar-refractivity contribution >= 4 is 58.3 Å². The van der Waals surface area contributed by atoms with Crippen LogP contribution in [-0.2, 0) is 0 Å². The number of carbonyl (C=O) groups is 1. The van der Waals surface area contributed by atoms with E-state index in [1.807, 2.05) is 0 Å². The van der Waals surface area contributed by atoms with Crippen molar-refractivity contribution in [2.75, 3.05) is 0 Å². The maximum atomic E-state index is 12.5. The molecule has 2 heterocycles. The maximum Gasteiger partial charge on any atom is 0.221 e. The minimum atomic E-state index is -0.306. The van der Waals surface area contributed by atoms with Crippen LogP contribution < -0.4 is 0 Å². The van der Waals surface area contributed by atoms with Crippen LogP contribution in [-0.4, -0.2) is 5.78 Å². The predicted octanol–water partition coefficient (Wildman–Crippen LogP) is 8.72. The summed E-state index contributed by atoms with van der Waals surface area (Å²) >= 11 is 24.2. The molecular weight excluding hydrogens is 466 g/mol. The number of rotatable bonds is 5. The maximum absolute atomic E-state index is 12.5. The van der Waals surface area contributed by atoms with E-state index in [4.69, 9.17) is 55.2 Å². The lowest BCUT2D eigenvalue weighted by atomic mass is 10.2. The van der Waals surface area contributed by atoms with Gasteiger partial charge in [-0.1, -0.05) is 52.5 Å². The van der Waals surface area contributed by atoms with Crippen LogP contribution in [0.4, 0.5) is 0 Å². The van der Waals surface area contributed by atoms with Gasteiger partial charge in [0, 0.05) is 11.1 Å². The number of carbonyl (C=O) groups excluding carboxylic acids is 1. The molecule has 2 aromatic heterocycles. The first kappa shape index (κ1) is 20.8. The number of halogens is 4. The highest BCUT2D eigenvalue weighted by Crippen LogP contribution is 2.34. The van der Waals surface area contributed by atoms with Crippen LogP contribution in [0.15, 0.2) is 75.6 Å². The molecule has 4 aromatic rings. The Kier molecular flexibility index (Phi) is 6.07. The van der Waals surface area contributed by atoms with Crippen molar-refractivity contribution in [2.24, 2.45) is 0 Å². The number of benzene rings is 2. The molecule has 0 fully saturated rings. The zero-order chi connectivity index (χ0) is 21.3. The molecule has 7 heteroatoms. The summed E-state index contributed by atoms with van der Waals surface area (Å²) < 4.78 is 11.4. The van der Waals surface area contributed by atoms with Crippen LogP contribution in [0.5, 0.6) is 0 Å². The molecule has 0 aliphatic heterocycles. The average Bonchev–Trinajstić information content (AvgIpc) is 3.40. The molecular formula is C23H12Cl4O3. The summed E-state index contributed by atoms with van der Waals surface area (Å²) in [6.45, 7) is 0. The van der Waals surface area contributed by atoms with Gasteiger partial charge in [-0.2, -0.15) is 0 Å². The number of ketones is 1. The smallest absolute Gasteiger partial charge is 0.221 e. The Morgan fingerprint density at radius 1 is 0.767 bits per heavy atom. The summed E-state index contributed by atoms with van der Waals surface area (Å²) in [6.07, 6.45) is 2.94. The van der Waals surface area contributed by atoms with Crippen LogP contribution in [0.3, 0.4) is 0 Å². The Balaban J connectivity index is 1.51. The van der Waals surface area contributed by atoms with Crippen LogP contribution in [0.1, 0.15) is 16.3 Å². The van der Waals surface area contributed by atoms with E-state index in [1.54, 1.807) is 66.7 Å². The lowest BCUT2D eigenvalue weighted by molar-refractivity contribution is 0.102. The second kappa shape index (κ2) is 8.75. The normalized spacial score (nSPS) is 11.3. The summed E-state index contributed by atoms with van der Waals surface area (Å²) in [7, 11) is 0. The highest BCUT2D eigenvalue weighted by Gasteiger charge is 2.13. The quantitative estimate of drug-likeness (QED) is 0.213. The summed E-state index contributed by atoms with van der Waals surface area (Å²) in [5, 5.41) is 1.70. The third kappa shape index (κ3) is 4.35. The molecule has 0 saturated carbocycles. The molecule has 0 bridgehead atoms. The molecule has 0 N–H and O–H groups in total. The van der Waals surface area contributed by atoms with Crippen LogP contribution in [0.25, 0.3) is 28.7 Å². The highest BCUT2D eigenvalue weighted by molar-refractivity contribution is 6.43. The molecule has 4 rings (SSSR count). The van der Waals surface area contributed by atoms with Crippen LogP contribution >= 0.6 is 46.4 Å². The molecule has 0 aliphatic rings. The Bertz CT molecular complexity index is 1270. The van der Waals surface area contributed by atoms with E-state index in [1.165, 1.54) is 6.08 Å². The van der Waals surface area contributed by atoms with Crippen molar-refractivity contribution < 1.29 is 13.6 Å². The van der Waals surface area contributed by atoms with Gasteiger partial charge in [0.25, 0.3) is 0 Å². The minimum Gasteiger partial charge on any atom is -0.457 e. The van der Waals surface area contributed by atoms with Gasteiger partial charge in [-0.05, 0) is 66.7 Å². The zero-order valence-corrected chi connectivity index (χ0v) is 18.2. The van der Waals surface area contributed by atoms with Gasteiger partial charge in [-0.25, -0.2) is 0 Å². The van der Waals surface area contributed by atoms with Crippen LogP contribution in [0, 0.1) is 0 Å². The van der Waals surface area contributed by atoms with Crippen molar-refractivity contribution in [3.63, 3.8) is 0 Å². The third-order valence-corrected chi connectivity index (χ3v) is 5.85. The predicted molar refractivity (Wildman–Crippen MR) is 122 cm³/mol. The summed E-state index contributed by atoms with van der Waals surface area (Å²) in [6, 6.07) is 17.2. The molecule has 0 saturated heterocycles. The van der Waals surface area contributed by atoms with Gasteiger partial charge in [0.2, 0.25) is 5.78 Å². The summed E-state index contributed by atoms with van der Waals surface area (Å²) in [5.74, 6) is 1.44. The molecule has 0 aliphatic carbocycles. The third-order valence-electron chi connectivity index (χ3n) is 4.30. The number of hydrogen-bond donors (Lipinski definition) is 0. The van der Waals surface area contributed by atoms with E-state index in [9.17, 15) is 4.79 Å². The summed E-state index contributed by atoms with van der Waals surface area (Å²) in [4.78, 5) is 12.5. The van der Waals surface area contributed by atoms with E-state index in [0.717, 1.165) is 5.56 Å². The molecule has 3 nitrogen and oxygen atoms in total. The van der Waals surface area contributed by atoms with Crippen molar-refractivity contribution in [3.05, 3.63) is 98.4 Å². The Labute approximate surface area is 192 Å². The Hall–Kier alpha value is -2.43. The van der Waals surface area contributed by atoms with Gasteiger partial charge in [0.1, 0.15) is 17.3 Å². The van der Waals surface area contributed by atoms with Crippen molar-refractivity contribution in [1.29, 1.82) is 0 Å². The first-order chi connectivity index (χ1) is 14.4. The lowest BCUT2D eigenvalue weighted by Crippen LogP contribution is -1.90. The van der Waals surface area contributed by atoms with Gasteiger partial charge in [-0.3, -0.25) is 4.79 Å². The standard InChI is InChI=1S/C23H12Cl4O3/c24-16-7-4-13(12-18(16)26)20-10-11-22(30-20)19(28)8-5-14-6-9-21(29-14)15-2-1-3-17(25)23(15)27/h1-12H/b8-5+. The van der Waals surface area contributed by atoms with Gasteiger partial charge in [0.05, 0.1) is 20.1 Å². The van der Waals surface area contributed by atoms with Crippen molar-refractivity contribution in [1.82, 2.24) is 0 Å². The highest BCUT2D eigenvalue weighted by atomic mass is 35.5. The van der Waals surface area contributed by atoms with E-state index in [-0.39, 0.29) is 11.5 Å². The summed E-state index contributed by atoms with van der Waals surface area (Å²) in [5.41, 5.74) is 1.40. The fraction of sp³-hybridized carbons (Fsp3) is 0. The topological polar surface area (TPSA) is 43.4 Å². The van der Waals surface area contributed by atoms with Crippen molar-refractivity contribution in [3.8, 4) is 22.6 Å². The van der Waals surface area contributed by atoms with E-state index >= 15 is 0 Å². The minimum absolute atomic E-state index is 0.192. The van der Waals surface area contributed by atoms with Gasteiger partial charge in [-0.15, -0.1) is 0 Å². The zero-order valence-electron chi connectivity index (χ0n) is 15.2. The Morgan fingerprint density at radius 3 is 2.37 bits per heavy atom. The second-order valence-corrected chi connectivity index (χ2v) is 7.89. The molecule has 30 heavy (non-hydrogen) atoms. The van der Waals surface area contributed by atoms with E-state index < -0.39 is 0 Å². The molecule has 0 atom stereocenters. The molecule has 0 unspecified atom stereocenters. The van der Waals surface area contributed by atoms with Gasteiger partial charge < -0.3 is 8.83 Å². The van der Waals surface area contributed by atoms with Crippen LogP contribution in [0.2, 0.25) is 20.1 Å². The fourth-order valence-electron chi connectivity index (χ4n) is 2.80. The van der Waals surface area contributed by atoms with Gasteiger partial charge >= 0.3 is 0 Å². The molecule has 2 aromatic carbocycles. The monoisotopic (exact) mass is 476 g/mol. The molecule has 0 radical (unpaired) electrons. The largest absolute Gasteiger partial charge is 0.457 e. The Morgan fingerprint density at radius 2 is 1.57 bits per heavy atom. The fourth-order valence-corrected chi connectivity index (χ4v) is 3.49. The second-order valence-electron chi connectivity index (χ2n) is 6.29.